The molecule has 0 aromatic heterocycles. The van der Waals surface area contributed by atoms with E-state index < -0.39 is 18.0 Å². The van der Waals surface area contributed by atoms with Gasteiger partial charge in [-0.3, -0.25) is 4.79 Å². The summed E-state index contributed by atoms with van der Waals surface area (Å²) >= 11 is 1.04. The molecule has 1 aromatic rings. The Kier molecular flexibility index (Phi) is 6.65. The van der Waals surface area contributed by atoms with Gasteiger partial charge in [0.25, 0.3) is 0 Å². The first kappa shape index (κ1) is 16.6. The van der Waals surface area contributed by atoms with Gasteiger partial charge in [0, 0.05) is 18.2 Å². The molecule has 0 heterocycles. The van der Waals surface area contributed by atoms with Crippen LogP contribution in [0, 0.1) is 17.1 Å². The van der Waals surface area contributed by atoms with Gasteiger partial charge in [0.2, 0.25) is 0 Å². The summed E-state index contributed by atoms with van der Waals surface area (Å²) < 4.78 is 13.7. The molecule has 0 saturated carbocycles. The van der Waals surface area contributed by atoms with Crippen molar-refractivity contribution in [2.24, 2.45) is 0 Å². The van der Waals surface area contributed by atoms with Crippen molar-refractivity contribution in [2.45, 2.75) is 32.0 Å². The van der Waals surface area contributed by atoms with Gasteiger partial charge in [-0.1, -0.05) is 17.8 Å². The second-order valence-electron chi connectivity index (χ2n) is 4.33. The second-order valence-corrected chi connectivity index (χ2v) is 5.60. The normalized spacial score (nSPS) is 13.6. The molecule has 0 amide bonds. The van der Waals surface area contributed by atoms with Gasteiger partial charge in [0.05, 0.1) is 18.6 Å². The number of carbonyl (C=O) groups excluding carboxylic acids is 1. The molecule has 0 bridgehead atoms. The average molecular weight is 297 g/mol. The Bertz CT molecular complexity index is 516. The minimum absolute atomic E-state index is 0.0296. The number of nitrogens with zero attached hydrogens (tertiary/aromatic N) is 1. The summed E-state index contributed by atoms with van der Waals surface area (Å²) in [5.74, 6) is -0.273. The summed E-state index contributed by atoms with van der Waals surface area (Å²) in [5.41, 5.74) is 0.548. The van der Waals surface area contributed by atoms with Gasteiger partial charge < -0.3 is 10.2 Å². The third-order valence-corrected chi connectivity index (χ3v) is 3.59. The van der Waals surface area contributed by atoms with Crippen LogP contribution in [-0.4, -0.2) is 27.2 Å². The molecule has 108 valence electrons. The number of hydrogen-bond acceptors (Lipinski definition) is 5. The van der Waals surface area contributed by atoms with E-state index in [-0.39, 0.29) is 23.5 Å². The van der Waals surface area contributed by atoms with Crippen LogP contribution in [-0.2, 0) is 11.2 Å². The van der Waals surface area contributed by atoms with Gasteiger partial charge in [0.1, 0.15) is 11.9 Å². The van der Waals surface area contributed by atoms with Crippen molar-refractivity contribution >= 4 is 16.9 Å². The van der Waals surface area contributed by atoms with E-state index in [1.165, 1.54) is 25.1 Å². The van der Waals surface area contributed by atoms with E-state index in [9.17, 15) is 19.4 Å². The lowest BCUT2D eigenvalue weighted by Crippen LogP contribution is -2.20. The Hall–Kier alpha value is -1.42. The summed E-state index contributed by atoms with van der Waals surface area (Å²) in [6.07, 6.45) is -2.25. The lowest BCUT2D eigenvalue weighted by Gasteiger charge is -2.19. The lowest BCUT2D eigenvalue weighted by atomic mass is 9.99. The zero-order valence-electron chi connectivity index (χ0n) is 11.0. The van der Waals surface area contributed by atoms with E-state index in [2.05, 4.69) is 0 Å². The molecule has 0 saturated heterocycles. The summed E-state index contributed by atoms with van der Waals surface area (Å²) in [4.78, 5) is 10.8. The second kappa shape index (κ2) is 8.00. The van der Waals surface area contributed by atoms with Crippen LogP contribution in [0.4, 0.5) is 4.39 Å². The molecule has 2 unspecified atom stereocenters. The molecule has 20 heavy (non-hydrogen) atoms. The minimum Gasteiger partial charge on any atom is -0.390 e. The van der Waals surface area contributed by atoms with Crippen molar-refractivity contribution in [3.63, 3.8) is 0 Å². The summed E-state index contributed by atoms with van der Waals surface area (Å²) in [6, 6.07) is 5.95. The van der Waals surface area contributed by atoms with Crippen LogP contribution in [0.15, 0.2) is 18.2 Å². The van der Waals surface area contributed by atoms with E-state index in [1.54, 1.807) is 0 Å². The quantitative estimate of drug-likeness (QED) is 0.839. The van der Waals surface area contributed by atoms with Gasteiger partial charge in [0.15, 0.2) is 5.12 Å². The van der Waals surface area contributed by atoms with Crippen LogP contribution in [0.5, 0.6) is 0 Å². The number of nitriles is 1. The van der Waals surface area contributed by atoms with Gasteiger partial charge in [-0.2, -0.15) is 5.26 Å². The number of hydrogen-bond donors (Lipinski definition) is 2. The Morgan fingerprint density at radius 2 is 2.20 bits per heavy atom. The van der Waals surface area contributed by atoms with E-state index in [0.29, 0.717) is 11.3 Å². The van der Waals surface area contributed by atoms with E-state index in [4.69, 9.17) is 5.26 Å². The highest BCUT2D eigenvalue weighted by molar-refractivity contribution is 8.13. The van der Waals surface area contributed by atoms with Crippen LogP contribution >= 0.6 is 11.8 Å². The monoisotopic (exact) mass is 297 g/mol. The summed E-state index contributed by atoms with van der Waals surface area (Å²) in [5, 5.41) is 28.3. The third-order valence-electron chi connectivity index (χ3n) is 2.75. The van der Waals surface area contributed by atoms with Crippen LogP contribution < -0.4 is 0 Å². The highest BCUT2D eigenvalue weighted by atomic mass is 32.2. The summed E-state index contributed by atoms with van der Waals surface area (Å²) in [7, 11) is 0. The van der Waals surface area contributed by atoms with Gasteiger partial charge >= 0.3 is 0 Å². The number of carbonyl (C=O) groups is 1. The first-order valence-electron chi connectivity index (χ1n) is 6.10. The van der Waals surface area contributed by atoms with E-state index in [1.807, 2.05) is 6.07 Å². The van der Waals surface area contributed by atoms with Crippen molar-refractivity contribution in [3.05, 3.63) is 35.1 Å². The smallest absolute Gasteiger partial charge is 0.185 e. The molecule has 0 spiro atoms. The fraction of sp³-hybridized carbons (Fsp3) is 0.429. The zero-order chi connectivity index (χ0) is 15.1. The predicted octanol–water partition coefficient (Wildman–Crippen LogP) is 1.96. The fourth-order valence-electron chi connectivity index (χ4n) is 1.71. The number of benzene rings is 1. The van der Waals surface area contributed by atoms with Crippen molar-refractivity contribution in [3.8, 4) is 6.07 Å². The first-order chi connectivity index (χ1) is 9.45. The number of aliphatic hydroxyl groups excluding tert-OH is 2. The van der Waals surface area contributed by atoms with Crippen molar-refractivity contribution in [1.82, 2.24) is 0 Å². The molecule has 0 aliphatic carbocycles. The van der Waals surface area contributed by atoms with Crippen LogP contribution in [0.2, 0.25) is 0 Å². The van der Waals surface area contributed by atoms with Crippen LogP contribution in [0.1, 0.15) is 30.6 Å². The molecule has 0 fully saturated rings. The molecule has 2 N–H and O–H groups in total. The Morgan fingerprint density at radius 1 is 1.50 bits per heavy atom. The molecular weight excluding hydrogens is 281 g/mol. The number of thioether (sulfide) groups is 1. The number of aliphatic hydroxyl groups is 2. The Morgan fingerprint density at radius 3 is 2.80 bits per heavy atom. The van der Waals surface area contributed by atoms with Gasteiger partial charge in [-0.25, -0.2) is 4.39 Å². The minimum atomic E-state index is -1.37. The molecule has 1 rings (SSSR count). The molecule has 1 aromatic carbocycles. The number of halogens is 1. The molecule has 4 nitrogen and oxygen atoms in total. The molecule has 0 aliphatic heterocycles. The molecule has 0 radical (unpaired) electrons. The van der Waals surface area contributed by atoms with Crippen molar-refractivity contribution in [1.29, 1.82) is 5.26 Å². The molecular formula is C14H16FNO3S. The first-order valence-corrected chi connectivity index (χ1v) is 7.09. The van der Waals surface area contributed by atoms with Gasteiger partial charge in [-0.15, -0.1) is 0 Å². The topological polar surface area (TPSA) is 81.3 Å². The van der Waals surface area contributed by atoms with Crippen LogP contribution in [0.3, 0.4) is 0 Å². The van der Waals surface area contributed by atoms with Crippen molar-refractivity contribution < 1.29 is 19.4 Å². The molecule has 0 aliphatic rings. The highest BCUT2D eigenvalue weighted by Gasteiger charge is 2.21. The standard InChI is InChI=1S/C14H16FNO3S/c1-9(17)20-7-5-13(18)14(19)11-8-10(4-6-16)2-3-12(11)15/h2-3,8,13-14,18-19H,4-5,7H2,1H3. The summed E-state index contributed by atoms with van der Waals surface area (Å²) in [6.45, 7) is 1.42. The Balaban J connectivity index is 2.74. The van der Waals surface area contributed by atoms with E-state index >= 15 is 0 Å². The SMILES string of the molecule is CC(=O)SCCC(O)C(O)c1cc(CC#N)ccc1F. The maximum absolute atomic E-state index is 13.7. The Labute approximate surface area is 121 Å². The lowest BCUT2D eigenvalue weighted by molar-refractivity contribution is -0.109. The number of rotatable bonds is 6. The largest absolute Gasteiger partial charge is 0.390 e. The maximum atomic E-state index is 13.7. The van der Waals surface area contributed by atoms with Crippen molar-refractivity contribution in [2.75, 3.05) is 5.75 Å². The van der Waals surface area contributed by atoms with Crippen LogP contribution in [0.25, 0.3) is 0 Å². The zero-order valence-corrected chi connectivity index (χ0v) is 11.9. The molecule has 2 atom stereocenters. The third kappa shape index (κ3) is 4.93. The van der Waals surface area contributed by atoms with E-state index in [0.717, 1.165) is 11.8 Å². The fourth-order valence-corrected chi connectivity index (χ4v) is 2.36. The highest BCUT2D eigenvalue weighted by Crippen LogP contribution is 2.24. The molecule has 6 heteroatoms. The maximum Gasteiger partial charge on any atom is 0.185 e. The average Bonchev–Trinajstić information content (AvgIpc) is 2.40. The van der Waals surface area contributed by atoms with Gasteiger partial charge in [-0.05, 0) is 24.1 Å². The predicted molar refractivity (Wildman–Crippen MR) is 74.4 cm³/mol.